The molecule has 2 N–H and O–H groups in total. The summed E-state index contributed by atoms with van der Waals surface area (Å²) in [5.74, 6) is -2.21. The summed E-state index contributed by atoms with van der Waals surface area (Å²) in [6.45, 7) is 10.5. The average Bonchev–Trinajstić information content (AvgIpc) is 3.11. The van der Waals surface area contributed by atoms with Crippen LogP contribution in [0.1, 0.15) is 55.7 Å². The summed E-state index contributed by atoms with van der Waals surface area (Å²) in [6, 6.07) is 9.74. The quantitative estimate of drug-likeness (QED) is 0.276. The van der Waals surface area contributed by atoms with Gasteiger partial charge in [-0.15, -0.1) is 0 Å². The van der Waals surface area contributed by atoms with Gasteiger partial charge >= 0.3 is 5.97 Å². The van der Waals surface area contributed by atoms with Crippen molar-refractivity contribution in [2.24, 2.45) is 0 Å². The normalized spacial score (nSPS) is 14.3. The number of carboxylic acid groups (broad SMARTS) is 1. The Labute approximate surface area is 231 Å². The van der Waals surface area contributed by atoms with E-state index in [1.54, 1.807) is 17.7 Å². The molecule has 1 atom stereocenters. The summed E-state index contributed by atoms with van der Waals surface area (Å²) >= 11 is 0. The number of hydrogen-bond donors (Lipinski definition) is 2. The number of nitrogens with zero attached hydrogens (tertiary/aromatic N) is 2. The van der Waals surface area contributed by atoms with E-state index in [1.165, 1.54) is 12.1 Å². The van der Waals surface area contributed by atoms with Gasteiger partial charge in [0.2, 0.25) is 0 Å². The molecule has 40 heavy (non-hydrogen) atoms. The highest BCUT2D eigenvalue weighted by atomic mass is 19.2. The van der Waals surface area contributed by atoms with E-state index in [4.69, 9.17) is 14.5 Å². The topological polar surface area (TPSA) is 85.6 Å². The number of fused-ring (bicyclic) bond motifs is 2. The molecule has 0 radical (unpaired) electrons. The molecule has 0 bridgehead atoms. The van der Waals surface area contributed by atoms with Crippen LogP contribution >= 0.6 is 0 Å². The standard InChI is InChI=1S/C31H33F2N3O4/c1-17-20(10-11-23-27(17)34-13-7-15-39-23)25-21-12-14-36(16-19-8-6-9-22(32)26(19)33)29(21)35-18(2)24(25)28(30(37)38)40-31(3,4)5/h6,8-12,14,28,34H,7,13,15-16H2,1-5H3,(H,37,38). The Morgan fingerprint density at radius 2 is 1.98 bits per heavy atom. The maximum atomic E-state index is 14.6. The fourth-order valence-corrected chi connectivity index (χ4v) is 5.27. The van der Waals surface area contributed by atoms with E-state index in [1.807, 2.05) is 45.9 Å². The molecular weight excluding hydrogens is 516 g/mol. The van der Waals surface area contributed by atoms with Gasteiger partial charge in [-0.25, -0.2) is 18.6 Å². The van der Waals surface area contributed by atoms with Crippen LogP contribution < -0.4 is 10.1 Å². The molecule has 1 unspecified atom stereocenters. The van der Waals surface area contributed by atoms with E-state index in [0.717, 1.165) is 41.6 Å². The number of hydrogen-bond acceptors (Lipinski definition) is 5. The van der Waals surface area contributed by atoms with Gasteiger partial charge in [-0.05, 0) is 70.4 Å². The van der Waals surface area contributed by atoms with Crippen LogP contribution in [0.15, 0.2) is 42.6 Å². The van der Waals surface area contributed by atoms with Gasteiger partial charge in [-0.3, -0.25) is 0 Å². The minimum Gasteiger partial charge on any atom is -0.491 e. The second-order valence-electron chi connectivity index (χ2n) is 11.1. The smallest absolute Gasteiger partial charge is 0.337 e. The van der Waals surface area contributed by atoms with Gasteiger partial charge < -0.3 is 24.5 Å². The van der Waals surface area contributed by atoms with Crippen LogP contribution in [-0.2, 0) is 16.1 Å². The maximum Gasteiger partial charge on any atom is 0.337 e. The zero-order valence-electron chi connectivity index (χ0n) is 23.3. The van der Waals surface area contributed by atoms with E-state index in [0.29, 0.717) is 34.5 Å². The zero-order valence-corrected chi connectivity index (χ0v) is 23.3. The lowest BCUT2D eigenvalue weighted by molar-refractivity contribution is -0.160. The molecule has 1 aliphatic heterocycles. The molecule has 2 aromatic carbocycles. The summed E-state index contributed by atoms with van der Waals surface area (Å²) < 4.78 is 42.3. The molecule has 0 spiro atoms. The number of ether oxygens (including phenoxy) is 2. The molecule has 0 amide bonds. The van der Waals surface area contributed by atoms with Crippen molar-refractivity contribution >= 4 is 22.7 Å². The summed E-state index contributed by atoms with van der Waals surface area (Å²) in [7, 11) is 0. The van der Waals surface area contributed by atoms with Gasteiger partial charge in [0, 0.05) is 40.5 Å². The van der Waals surface area contributed by atoms with Crippen molar-refractivity contribution in [3.8, 4) is 16.9 Å². The van der Waals surface area contributed by atoms with E-state index in [9.17, 15) is 18.7 Å². The SMILES string of the molecule is Cc1nc2c(ccn2Cc2cccc(F)c2F)c(-c2ccc3c(c2C)NCCCO3)c1C(OC(C)(C)C)C(=O)O. The van der Waals surface area contributed by atoms with E-state index < -0.39 is 29.3 Å². The van der Waals surface area contributed by atoms with E-state index in [-0.39, 0.29) is 12.1 Å². The third kappa shape index (κ3) is 5.13. The van der Waals surface area contributed by atoms with Crippen molar-refractivity contribution in [3.63, 3.8) is 0 Å². The minimum absolute atomic E-state index is 0.0533. The number of aryl methyl sites for hydroxylation is 1. The zero-order chi connectivity index (χ0) is 28.8. The molecule has 0 saturated carbocycles. The number of carbonyl (C=O) groups is 1. The number of aliphatic carboxylic acids is 1. The summed E-state index contributed by atoms with van der Waals surface area (Å²) in [5.41, 5.74) is 4.11. The third-order valence-corrected chi connectivity index (χ3v) is 7.04. The fourth-order valence-electron chi connectivity index (χ4n) is 5.27. The molecule has 4 aromatic rings. The first-order valence-corrected chi connectivity index (χ1v) is 13.3. The summed E-state index contributed by atoms with van der Waals surface area (Å²) in [6.07, 6.45) is 1.32. The molecule has 1 aliphatic rings. The van der Waals surface area contributed by atoms with Crippen molar-refractivity contribution < 1.29 is 28.2 Å². The molecule has 5 rings (SSSR count). The number of anilines is 1. The lowest BCUT2D eigenvalue weighted by atomic mass is 9.89. The lowest BCUT2D eigenvalue weighted by Gasteiger charge is -2.28. The van der Waals surface area contributed by atoms with Crippen LogP contribution in [0.2, 0.25) is 0 Å². The molecule has 2 aromatic heterocycles. The van der Waals surface area contributed by atoms with Crippen molar-refractivity contribution in [3.05, 3.63) is 76.6 Å². The highest BCUT2D eigenvalue weighted by Gasteiger charge is 2.33. The number of pyridine rings is 1. The van der Waals surface area contributed by atoms with E-state index >= 15 is 0 Å². The van der Waals surface area contributed by atoms with Gasteiger partial charge in [0.05, 0.1) is 24.4 Å². The Balaban J connectivity index is 1.78. The van der Waals surface area contributed by atoms with Gasteiger partial charge in [-0.1, -0.05) is 18.2 Å². The van der Waals surface area contributed by atoms with Crippen LogP contribution in [0, 0.1) is 25.5 Å². The maximum absolute atomic E-state index is 14.6. The van der Waals surface area contributed by atoms with Crippen LogP contribution in [0.4, 0.5) is 14.5 Å². The number of aromatic nitrogens is 2. The molecule has 0 saturated heterocycles. The highest BCUT2D eigenvalue weighted by Crippen LogP contribution is 2.44. The lowest BCUT2D eigenvalue weighted by Crippen LogP contribution is -2.28. The molecule has 210 valence electrons. The Kier molecular flexibility index (Phi) is 7.27. The summed E-state index contributed by atoms with van der Waals surface area (Å²) in [5, 5.41) is 14.5. The molecule has 7 nitrogen and oxygen atoms in total. The number of rotatable bonds is 6. The highest BCUT2D eigenvalue weighted by molar-refractivity contribution is 5.99. The Morgan fingerprint density at radius 3 is 2.70 bits per heavy atom. The monoisotopic (exact) mass is 549 g/mol. The summed E-state index contributed by atoms with van der Waals surface area (Å²) in [4.78, 5) is 17.5. The minimum atomic E-state index is -1.29. The largest absolute Gasteiger partial charge is 0.491 e. The molecular formula is C31H33F2N3O4. The van der Waals surface area contributed by atoms with Gasteiger partial charge in [0.1, 0.15) is 11.4 Å². The molecule has 3 heterocycles. The first kappa shape index (κ1) is 27.6. The van der Waals surface area contributed by atoms with Crippen molar-refractivity contribution in [1.82, 2.24) is 9.55 Å². The molecule has 0 aliphatic carbocycles. The second-order valence-corrected chi connectivity index (χ2v) is 11.1. The number of benzene rings is 2. The van der Waals surface area contributed by atoms with Crippen LogP contribution in [0.5, 0.6) is 5.75 Å². The Morgan fingerprint density at radius 1 is 1.20 bits per heavy atom. The van der Waals surface area contributed by atoms with Crippen molar-refractivity contribution in [2.75, 3.05) is 18.5 Å². The van der Waals surface area contributed by atoms with Crippen LogP contribution in [-0.4, -0.2) is 39.4 Å². The van der Waals surface area contributed by atoms with Crippen molar-refractivity contribution in [2.45, 2.75) is 59.3 Å². The Bertz CT molecular complexity index is 1610. The fraction of sp³-hybridized carbons (Fsp3) is 0.355. The van der Waals surface area contributed by atoms with Gasteiger partial charge in [-0.2, -0.15) is 0 Å². The first-order chi connectivity index (χ1) is 19.0. The first-order valence-electron chi connectivity index (χ1n) is 13.3. The van der Waals surface area contributed by atoms with Crippen molar-refractivity contribution in [1.29, 1.82) is 0 Å². The third-order valence-electron chi connectivity index (χ3n) is 7.04. The number of halogens is 2. The predicted molar refractivity (Wildman–Crippen MR) is 150 cm³/mol. The van der Waals surface area contributed by atoms with Gasteiger partial charge in [0.25, 0.3) is 0 Å². The Hall–Kier alpha value is -3.98. The molecule has 0 fully saturated rings. The molecule has 9 heteroatoms. The second kappa shape index (κ2) is 10.5. The van der Waals surface area contributed by atoms with Crippen LogP contribution in [0.3, 0.4) is 0 Å². The average molecular weight is 550 g/mol. The predicted octanol–water partition coefficient (Wildman–Crippen LogP) is 6.78. The van der Waals surface area contributed by atoms with E-state index in [2.05, 4.69) is 5.32 Å². The number of nitrogens with one attached hydrogen (secondary N) is 1. The van der Waals surface area contributed by atoms with Gasteiger partial charge in [0.15, 0.2) is 17.7 Å². The van der Waals surface area contributed by atoms with Crippen LogP contribution in [0.25, 0.3) is 22.2 Å². The number of carboxylic acids is 1.